The molecule has 6 heteroatoms. The molecular weight excluding hydrogens is 360 g/mol. The number of hydrogen-bond acceptors (Lipinski definition) is 3. The summed E-state index contributed by atoms with van der Waals surface area (Å²) in [6.07, 6.45) is 0. The van der Waals surface area contributed by atoms with Gasteiger partial charge in [-0.1, -0.05) is 12.1 Å². The van der Waals surface area contributed by atoms with Crippen molar-refractivity contribution in [2.45, 2.75) is 32.5 Å². The van der Waals surface area contributed by atoms with E-state index in [-0.39, 0.29) is 17.8 Å². The zero-order chi connectivity index (χ0) is 15.4. The highest BCUT2D eigenvalue weighted by atomic mass is 79.9. The van der Waals surface area contributed by atoms with Crippen LogP contribution in [0.15, 0.2) is 40.2 Å². The standard InChI is InChI=1S/C15H16BrF2NOS/c1-9(19-10(2)14-13(16)6-7-21-14)11-4-3-5-12(8-11)20-15(17)18/h3-10,15,19H,1-2H3. The maximum Gasteiger partial charge on any atom is 0.387 e. The minimum atomic E-state index is -2.80. The van der Waals surface area contributed by atoms with Crippen molar-refractivity contribution in [3.05, 3.63) is 50.6 Å². The van der Waals surface area contributed by atoms with Gasteiger partial charge in [0.1, 0.15) is 5.75 Å². The number of ether oxygens (including phenoxy) is 1. The van der Waals surface area contributed by atoms with E-state index in [0.29, 0.717) is 0 Å². The Hall–Kier alpha value is -0.980. The molecule has 2 aromatic rings. The predicted molar refractivity (Wildman–Crippen MR) is 85.1 cm³/mol. The number of alkyl halides is 2. The number of nitrogens with one attached hydrogen (secondary N) is 1. The van der Waals surface area contributed by atoms with E-state index in [2.05, 4.69) is 32.9 Å². The normalized spacial score (nSPS) is 14.2. The van der Waals surface area contributed by atoms with Gasteiger partial charge >= 0.3 is 6.61 Å². The smallest absolute Gasteiger partial charge is 0.387 e. The molecule has 2 atom stereocenters. The molecule has 0 aliphatic heterocycles. The van der Waals surface area contributed by atoms with Crippen molar-refractivity contribution in [1.82, 2.24) is 5.32 Å². The summed E-state index contributed by atoms with van der Waals surface area (Å²) < 4.78 is 30.0. The van der Waals surface area contributed by atoms with Crippen molar-refractivity contribution in [3.8, 4) is 5.75 Å². The van der Waals surface area contributed by atoms with E-state index < -0.39 is 6.61 Å². The fourth-order valence-electron chi connectivity index (χ4n) is 2.12. The van der Waals surface area contributed by atoms with Crippen LogP contribution in [0.4, 0.5) is 8.78 Å². The Labute approximate surface area is 135 Å². The first-order valence-corrected chi connectivity index (χ1v) is 8.18. The molecule has 2 unspecified atom stereocenters. The molecule has 1 aromatic heterocycles. The van der Waals surface area contributed by atoms with Crippen molar-refractivity contribution in [2.24, 2.45) is 0 Å². The van der Waals surface area contributed by atoms with Gasteiger partial charge in [-0.3, -0.25) is 0 Å². The maximum absolute atomic E-state index is 12.3. The molecule has 0 saturated heterocycles. The van der Waals surface area contributed by atoms with Crippen LogP contribution < -0.4 is 10.1 Å². The Balaban J connectivity index is 2.06. The summed E-state index contributed by atoms with van der Waals surface area (Å²) >= 11 is 5.19. The van der Waals surface area contributed by atoms with Gasteiger partial charge in [0.05, 0.1) is 0 Å². The summed E-state index contributed by atoms with van der Waals surface area (Å²) in [5.41, 5.74) is 0.910. The highest BCUT2D eigenvalue weighted by Gasteiger charge is 2.15. The lowest BCUT2D eigenvalue weighted by molar-refractivity contribution is -0.0499. The van der Waals surface area contributed by atoms with Crippen LogP contribution in [0, 0.1) is 0 Å². The first-order chi connectivity index (χ1) is 9.97. The molecule has 2 nitrogen and oxygen atoms in total. The van der Waals surface area contributed by atoms with E-state index in [1.54, 1.807) is 23.5 Å². The van der Waals surface area contributed by atoms with Crippen LogP contribution in [0.5, 0.6) is 5.75 Å². The molecule has 0 saturated carbocycles. The summed E-state index contributed by atoms with van der Waals surface area (Å²) in [6, 6.07) is 8.98. The van der Waals surface area contributed by atoms with Gasteiger partial charge in [-0.05, 0) is 58.9 Å². The molecule has 114 valence electrons. The lowest BCUT2D eigenvalue weighted by Gasteiger charge is -2.20. The summed E-state index contributed by atoms with van der Waals surface area (Å²) in [5.74, 6) is 0.182. The van der Waals surface area contributed by atoms with Crippen LogP contribution in [-0.4, -0.2) is 6.61 Å². The lowest BCUT2D eigenvalue weighted by atomic mass is 10.1. The van der Waals surface area contributed by atoms with Crippen LogP contribution in [0.3, 0.4) is 0 Å². The summed E-state index contributed by atoms with van der Waals surface area (Å²) in [7, 11) is 0. The second kappa shape index (κ2) is 7.33. The number of hydrogen-bond donors (Lipinski definition) is 1. The predicted octanol–water partition coefficient (Wildman–Crippen LogP) is 5.52. The van der Waals surface area contributed by atoms with E-state index in [0.717, 1.165) is 10.0 Å². The molecule has 0 bridgehead atoms. The van der Waals surface area contributed by atoms with Crippen LogP contribution in [0.25, 0.3) is 0 Å². The highest BCUT2D eigenvalue weighted by Crippen LogP contribution is 2.31. The van der Waals surface area contributed by atoms with E-state index in [4.69, 9.17) is 0 Å². The number of benzene rings is 1. The van der Waals surface area contributed by atoms with Crippen LogP contribution in [-0.2, 0) is 0 Å². The lowest BCUT2D eigenvalue weighted by Crippen LogP contribution is -2.22. The first kappa shape index (κ1) is 16.4. The quantitative estimate of drug-likeness (QED) is 0.717. The minimum Gasteiger partial charge on any atom is -0.435 e. The molecule has 0 spiro atoms. The molecular formula is C15H16BrF2NOS. The number of rotatable bonds is 6. The first-order valence-electron chi connectivity index (χ1n) is 6.51. The van der Waals surface area contributed by atoms with Crippen molar-refractivity contribution in [3.63, 3.8) is 0 Å². The van der Waals surface area contributed by atoms with Gasteiger partial charge in [0.2, 0.25) is 0 Å². The average Bonchev–Trinajstić information content (AvgIpc) is 2.84. The molecule has 0 aliphatic carbocycles. The van der Waals surface area contributed by atoms with Gasteiger partial charge in [-0.2, -0.15) is 8.78 Å². The van der Waals surface area contributed by atoms with Crippen molar-refractivity contribution in [1.29, 1.82) is 0 Å². The molecule has 0 aliphatic rings. The van der Waals surface area contributed by atoms with Gasteiger partial charge < -0.3 is 10.1 Å². The van der Waals surface area contributed by atoms with E-state index >= 15 is 0 Å². The highest BCUT2D eigenvalue weighted by molar-refractivity contribution is 9.10. The fraction of sp³-hybridized carbons (Fsp3) is 0.333. The summed E-state index contributed by atoms with van der Waals surface area (Å²) in [4.78, 5) is 1.21. The van der Waals surface area contributed by atoms with Crippen molar-refractivity contribution < 1.29 is 13.5 Å². The number of thiophene rings is 1. The second-order valence-electron chi connectivity index (χ2n) is 4.69. The van der Waals surface area contributed by atoms with Crippen molar-refractivity contribution >= 4 is 27.3 Å². The fourth-order valence-corrected chi connectivity index (χ4v) is 3.86. The monoisotopic (exact) mass is 375 g/mol. The zero-order valence-electron chi connectivity index (χ0n) is 11.6. The van der Waals surface area contributed by atoms with Gasteiger partial charge in [-0.15, -0.1) is 11.3 Å². The van der Waals surface area contributed by atoms with Crippen LogP contribution in [0.1, 0.15) is 36.4 Å². The number of halogens is 3. The third kappa shape index (κ3) is 4.49. The Bertz CT molecular complexity index is 591. The SMILES string of the molecule is CC(NC(C)c1sccc1Br)c1cccc(OC(F)F)c1. The Morgan fingerprint density at radius 3 is 2.57 bits per heavy atom. The third-order valence-corrected chi connectivity index (χ3v) is 5.17. The van der Waals surface area contributed by atoms with Gasteiger partial charge in [0, 0.05) is 21.4 Å². The topological polar surface area (TPSA) is 21.3 Å². The van der Waals surface area contributed by atoms with Gasteiger partial charge in [0.15, 0.2) is 0 Å². The van der Waals surface area contributed by atoms with E-state index in [1.165, 1.54) is 10.9 Å². The molecule has 0 amide bonds. The van der Waals surface area contributed by atoms with Gasteiger partial charge in [0.25, 0.3) is 0 Å². The van der Waals surface area contributed by atoms with Crippen LogP contribution >= 0.6 is 27.3 Å². The van der Waals surface area contributed by atoms with Crippen molar-refractivity contribution in [2.75, 3.05) is 0 Å². The molecule has 0 fully saturated rings. The molecule has 1 aromatic carbocycles. The molecule has 2 rings (SSSR count). The van der Waals surface area contributed by atoms with Crippen LogP contribution in [0.2, 0.25) is 0 Å². The summed E-state index contributed by atoms with van der Waals surface area (Å²) in [6.45, 7) is 1.27. The zero-order valence-corrected chi connectivity index (χ0v) is 14.0. The Morgan fingerprint density at radius 2 is 1.95 bits per heavy atom. The average molecular weight is 376 g/mol. The Kier molecular flexibility index (Phi) is 5.72. The largest absolute Gasteiger partial charge is 0.435 e. The molecule has 0 radical (unpaired) electrons. The molecule has 1 N–H and O–H groups in total. The minimum absolute atomic E-state index is 0.0234. The second-order valence-corrected chi connectivity index (χ2v) is 6.50. The third-order valence-electron chi connectivity index (χ3n) is 3.12. The van der Waals surface area contributed by atoms with E-state index in [9.17, 15) is 8.78 Å². The molecule has 21 heavy (non-hydrogen) atoms. The Morgan fingerprint density at radius 1 is 1.19 bits per heavy atom. The summed E-state index contributed by atoms with van der Waals surface area (Å²) in [5, 5.41) is 5.48. The maximum atomic E-state index is 12.3. The van der Waals surface area contributed by atoms with Gasteiger partial charge in [-0.25, -0.2) is 0 Å². The van der Waals surface area contributed by atoms with E-state index in [1.807, 2.05) is 24.4 Å². The molecule has 1 heterocycles.